The lowest BCUT2D eigenvalue weighted by atomic mass is 9.87. The van der Waals surface area contributed by atoms with Crippen LogP contribution >= 0.6 is 0 Å². The van der Waals surface area contributed by atoms with E-state index in [1.807, 2.05) is 25.1 Å². The molecular weight excluding hydrogens is 438 g/mol. The number of rotatable bonds is 7. The smallest absolute Gasteiger partial charge is 0.166 e. The van der Waals surface area contributed by atoms with E-state index < -0.39 is 6.10 Å². The summed E-state index contributed by atoms with van der Waals surface area (Å²) in [6.45, 7) is 4.55. The van der Waals surface area contributed by atoms with Crippen molar-refractivity contribution in [3.8, 4) is 17.2 Å². The Morgan fingerprint density at radius 2 is 1.91 bits per heavy atom. The maximum absolute atomic E-state index is 13.6. The first-order valence-corrected chi connectivity index (χ1v) is 11.4. The summed E-state index contributed by atoms with van der Waals surface area (Å²) in [5.74, 6) is 1.18. The predicted molar refractivity (Wildman–Crippen MR) is 126 cm³/mol. The second kappa shape index (κ2) is 9.43. The van der Waals surface area contributed by atoms with Gasteiger partial charge in [0.15, 0.2) is 6.10 Å². The monoisotopic (exact) mass is 464 g/mol. The molecule has 1 saturated heterocycles. The molecule has 2 aliphatic rings. The summed E-state index contributed by atoms with van der Waals surface area (Å²) < 4.78 is 38.3. The number of aromatic hydroxyl groups is 1. The lowest BCUT2D eigenvalue weighted by Crippen LogP contribution is -2.49. The second-order valence-electron chi connectivity index (χ2n) is 8.77. The Bertz CT molecular complexity index is 1190. The Morgan fingerprint density at radius 3 is 2.62 bits per heavy atom. The molecule has 3 aromatic rings. The molecule has 1 unspecified atom stereocenters. The van der Waals surface area contributed by atoms with Crippen LogP contribution in [0.15, 0.2) is 60.8 Å². The van der Waals surface area contributed by atoms with Crippen LogP contribution in [0.2, 0.25) is 0 Å². The molecule has 0 radical (unpaired) electrons. The molecule has 3 heterocycles. The summed E-state index contributed by atoms with van der Waals surface area (Å²) in [6.07, 6.45) is 1.13. The molecule has 34 heavy (non-hydrogen) atoms. The van der Waals surface area contributed by atoms with Gasteiger partial charge in [-0.1, -0.05) is 12.1 Å². The van der Waals surface area contributed by atoms with Gasteiger partial charge in [-0.25, -0.2) is 4.39 Å². The first kappa shape index (κ1) is 22.3. The molecule has 0 bridgehead atoms. The molecule has 1 atom stereocenters. The van der Waals surface area contributed by atoms with Crippen molar-refractivity contribution in [2.45, 2.75) is 13.0 Å². The highest BCUT2D eigenvalue weighted by Crippen LogP contribution is 2.47. The number of alkyl halides is 1. The number of aromatic nitrogens is 1. The number of ether oxygens (including phenoxy) is 2. The SMILES string of the molecule is CC1=C(c2ccc(F)cc2)C(c2ccc(OCCN3CC(CF)C3)cn2)Oc2cc(O)ccc21. The van der Waals surface area contributed by atoms with Crippen LogP contribution < -0.4 is 9.47 Å². The van der Waals surface area contributed by atoms with Crippen LogP contribution in [0.4, 0.5) is 8.78 Å². The van der Waals surface area contributed by atoms with E-state index >= 15 is 0 Å². The number of halogens is 2. The summed E-state index contributed by atoms with van der Waals surface area (Å²) in [6, 6.07) is 15.1. The van der Waals surface area contributed by atoms with E-state index in [1.165, 1.54) is 12.1 Å². The number of benzene rings is 2. The maximum Gasteiger partial charge on any atom is 0.166 e. The summed E-state index contributed by atoms with van der Waals surface area (Å²) in [4.78, 5) is 6.76. The van der Waals surface area contributed by atoms with E-state index in [1.54, 1.807) is 30.5 Å². The van der Waals surface area contributed by atoms with Gasteiger partial charge >= 0.3 is 0 Å². The largest absolute Gasteiger partial charge is 0.508 e. The van der Waals surface area contributed by atoms with Gasteiger partial charge in [-0.3, -0.25) is 14.3 Å². The summed E-state index contributed by atoms with van der Waals surface area (Å²) in [5.41, 5.74) is 4.24. The second-order valence-corrected chi connectivity index (χ2v) is 8.77. The Balaban J connectivity index is 1.37. The van der Waals surface area contributed by atoms with Crippen molar-refractivity contribution in [1.29, 1.82) is 0 Å². The highest BCUT2D eigenvalue weighted by atomic mass is 19.1. The van der Waals surface area contributed by atoms with Crippen molar-refractivity contribution in [2.75, 3.05) is 32.9 Å². The zero-order valence-corrected chi connectivity index (χ0v) is 18.9. The van der Waals surface area contributed by atoms with E-state index in [0.29, 0.717) is 23.8 Å². The average molecular weight is 465 g/mol. The van der Waals surface area contributed by atoms with E-state index in [0.717, 1.165) is 41.9 Å². The molecule has 176 valence electrons. The Labute approximate surface area is 197 Å². The van der Waals surface area contributed by atoms with Crippen molar-refractivity contribution in [3.05, 3.63) is 83.4 Å². The third-order valence-electron chi connectivity index (χ3n) is 6.39. The molecule has 1 aromatic heterocycles. The molecule has 5 nitrogen and oxygen atoms in total. The molecular formula is C27H26F2N2O3. The fourth-order valence-corrected chi connectivity index (χ4v) is 4.53. The molecule has 7 heteroatoms. The number of fused-ring (bicyclic) bond motifs is 1. The topological polar surface area (TPSA) is 54.8 Å². The fraction of sp³-hybridized carbons (Fsp3) is 0.296. The van der Waals surface area contributed by atoms with Crippen LogP contribution in [0.5, 0.6) is 17.2 Å². The average Bonchev–Trinajstić information content (AvgIpc) is 2.81. The first-order chi connectivity index (χ1) is 16.5. The number of hydrogen-bond donors (Lipinski definition) is 1. The normalized spacial score (nSPS) is 18.3. The summed E-state index contributed by atoms with van der Waals surface area (Å²) in [7, 11) is 0. The molecule has 1 fully saturated rings. The van der Waals surface area contributed by atoms with Crippen LogP contribution in [-0.2, 0) is 0 Å². The molecule has 0 aliphatic carbocycles. The van der Waals surface area contributed by atoms with E-state index in [2.05, 4.69) is 9.88 Å². The van der Waals surface area contributed by atoms with Crippen molar-refractivity contribution >= 4 is 11.1 Å². The van der Waals surface area contributed by atoms with Crippen molar-refractivity contribution in [1.82, 2.24) is 9.88 Å². The summed E-state index contributed by atoms with van der Waals surface area (Å²) in [5, 5.41) is 9.96. The quantitative estimate of drug-likeness (QED) is 0.516. The number of phenolic OH excluding ortho intramolecular Hbond substituents is 1. The van der Waals surface area contributed by atoms with E-state index in [9.17, 15) is 13.9 Å². The van der Waals surface area contributed by atoms with Crippen molar-refractivity contribution in [2.24, 2.45) is 5.92 Å². The van der Waals surface area contributed by atoms with Gasteiger partial charge in [0.1, 0.15) is 29.7 Å². The van der Waals surface area contributed by atoms with Crippen molar-refractivity contribution < 1.29 is 23.4 Å². The van der Waals surface area contributed by atoms with Gasteiger partial charge in [0.05, 0.1) is 18.6 Å². The molecule has 2 aliphatic heterocycles. The standard InChI is InChI=1S/C27H26F2N2O3/c1-17-23-8-6-21(32)12-25(23)34-27(26(17)19-2-4-20(29)5-3-19)24-9-7-22(14-30-24)33-11-10-31-15-18(13-28)16-31/h2-9,12,14,18,27,32H,10-11,13,15-16H2,1H3. The highest BCUT2D eigenvalue weighted by molar-refractivity contribution is 5.95. The predicted octanol–water partition coefficient (Wildman–Crippen LogP) is 5.27. The number of allylic oxidation sites excluding steroid dienone is 1. The minimum atomic E-state index is -0.535. The first-order valence-electron chi connectivity index (χ1n) is 11.4. The van der Waals surface area contributed by atoms with Crippen LogP contribution in [0.1, 0.15) is 29.8 Å². The molecule has 0 spiro atoms. The minimum absolute atomic E-state index is 0.118. The molecule has 2 aromatic carbocycles. The van der Waals surface area contributed by atoms with Gasteiger partial charge in [0.25, 0.3) is 0 Å². The van der Waals surface area contributed by atoms with Crippen LogP contribution in [0.25, 0.3) is 11.1 Å². The van der Waals surface area contributed by atoms with Crippen LogP contribution in [-0.4, -0.2) is 47.9 Å². The molecule has 0 saturated carbocycles. The summed E-state index contributed by atoms with van der Waals surface area (Å²) >= 11 is 0. The minimum Gasteiger partial charge on any atom is -0.508 e. The van der Waals surface area contributed by atoms with Crippen LogP contribution in [0, 0.1) is 11.7 Å². The third-order valence-corrected chi connectivity index (χ3v) is 6.39. The Kier molecular flexibility index (Phi) is 6.20. The number of nitrogens with zero attached hydrogens (tertiary/aromatic N) is 2. The van der Waals surface area contributed by atoms with Gasteiger partial charge in [-0.15, -0.1) is 0 Å². The Morgan fingerprint density at radius 1 is 1.12 bits per heavy atom. The third kappa shape index (κ3) is 4.48. The number of likely N-dealkylation sites (tertiary alicyclic amines) is 1. The zero-order chi connectivity index (χ0) is 23.7. The zero-order valence-electron chi connectivity index (χ0n) is 18.9. The Hall–Kier alpha value is -3.45. The number of pyridine rings is 1. The maximum atomic E-state index is 13.6. The number of hydrogen-bond acceptors (Lipinski definition) is 5. The van der Waals surface area contributed by atoms with E-state index in [-0.39, 0.29) is 24.2 Å². The molecule has 0 amide bonds. The van der Waals surface area contributed by atoms with Gasteiger partial charge in [0, 0.05) is 42.8 Å². The lowest BCUT2D eigenvalue weighted by molar-refractivity contribution is 0.0668. The van der Waals surface area contributed by atoms with Gasteiger partial charge < -0.3 is 14.6 Å². The van der Waals surface area contributed by atoms with E-state index in [4.69, 9.17) is 9.47 Å². The van der Waals surface area contributed by atoms with Gasteiger partial charge in [-0.05, 0) is 54.5 Å². The van der Waals surface area contributed by atoms with Gasteiger partial charge in [-0.2, -0.15) is 0 Å². The fourth-order valence-electron chi connectivity index (χ4n) is 4.53. The lowest BCUT2D eigenvalue weighted by Gasteiger charge is -2.37. The van der Waals surface area contributed by atoms with Crippen LogP contribution in [0.3, 0.4) is 0 Å². The number of phenols is 1. The molecule has 1 N–H and O–H groups in total. The van der Waals surface area contributed by atoms with Gasteiger partial charge in [0.2, 0.25) is 0 Å². The molecule has 5 rings (SSSR count). The van der Waals surface area contributed by atoms with Crippen molar-refractivity contribution in [3.63, 3.8) is 0 Å². The highest BCUT2D eigenvalue weighted by Gasteiger charge is 2.30.